The van der Waals surface area contributed by atoms with Gasteiger partial charge in [-0.2, -0.15) is 0 Å². The van der Waals surface area contributed by atoms with E-state index >= 15 is 0 Å². The monoisotopic (exact) mass is 1340 g/mol. The fourth-order valence-electron chi connectivity index (χ4n) is 14.4. The zero-order chi connectivity index (χ0) is 68.5. The summed E-state index contributed by atoms with van der Waals surface area (Å²) < 4.78 is 11.3. The van der Waals surface area contributed by atoms with Crippen LogP contribution < -0.4 is 5.32 Å². The summed E-state index contributed by atoms with van der Waals surface area (Å²) in [6, 6.07) is -0.822. The maximum atomic E-state index is 13.2. The summed E-state index contributed by atoms with van der Waals surface area (Å²) in [5.74, 6) is -0.176. The van der Waals surface area contributed by atoms with Crippen molar-refractivity contribution in [3.63, 3.8) is 0 Å². The molecule has 0 aromatic rings. The maximum absolute atomic E-state index is 13.2. The Kier molecular flexibility index (Phi) is 72.7. The number of carbonyl (C=O) groups is 1. The Morgan fingerprint density at radius 2 is 0.600 bits per heavy atom. The van der Waals surface area contributed by atoms with Crippen LogP contribution in [0.4, 0.5) is 0 Å². The molecule has 9 heteroatoms. The van der Waals surface area contributed by atoms with Crippen LogP contribution in [0.1, 0.15) is 463 Å². The van der Waals surface area contributed by atoms with Crippen LogP contribution in [-0.2, 0) is 14.3 Å². The largest absolute Gasteiger partial charge is 0.394 e. The molecule has 0 saturated carbocycles. The Bertz CT molecular complexity index is 1560. The van der Waals surface area contributed by atoms with Crippen LogP contribution >= 0.6 is 0 Å². The molecule has 1 amide bonds. The van der Waals surface area contributed by atoms with Gasteiger partial charge >= 0.3 is 0 Å². The van der Waals surface area contributed by atoms with Gasteiger partial charge in [0.15, 0.2) is 6.29 Å². The highest BCUT2D eigenvalue weighted by atomic mass is 16.7. The number of amides is 1. The second kappa shape index (κ2) is 75.3. The van der Waals surface area contributed by atoms with Crippen LogP contribution in [0.25, 0.3) is 0 Å². The lowest BCUT2D eigenvalue weighted by atomic mass is 9.99. The summed E-state index contributed by atoms with van der Waals surface area (Å²) in [6.45, 7) is 3.84. The molecule has 564 valence electrons. The van der Waals surface area contributed by atoms with Crippen molar-refractivity contribution in [3.05, 3.63) is 24.3 Å². The summed E-state index contributed by atoms with van der Waals surface area (Å²) in [4.78, 5) is 13.2. The van der Waals surface area contributed by atoms with Gasteiger partial charge in [0.1, 0.15) is 24.4 Å². The van der Waals surface area contributed by atoms with Gasteiger partial charge in [-0.15, -0.1) is 0 Å². The Balaban J connectivity index is 2.03. The molecule has 0 radical (unpaired) electrons. The number of hydrogen-bond acceptors (Lipinski definition) is 8. The molecule has 1 fully saturated rings. The minimum absolute atomic E-state index is 0.176. The van der Waals surface area contributed by atoms with Crippen molar-refractivity contribution in [1.82, 2.24) is 5.32 Å². The average Bonchev–Trinajstić information content (AvgIpc) is 0.841. The fourth-order valence-corrected chi connectivity index (χ4v) is 14.4. The van der Waals surface area contributed by atoms with Crippen molar-refractivity contribution >= 4 is 5.91 Å². The van der Waals surface area contributed by atoms with Gasteiger partial charge in [0, 0.05) is 6.42 Å². The van der Waals surface area contributed by atoms with Crippen LogP contribution in [0, 0.1) is 0 Å². The minimum atomic E-state index is -1.57. The smallest absolute Gasteiger partial charge is 0.220 e. The van der Waals surface area contributed by atoms with Crippen molar-refractivity contribution in [1.29, 1.82) is 0 Å². The molecule has 95 heavy (non-hydrogen) atoms. The third kappa shape index (κ3) is 63.3. The summed E-state index contributed by atoms with van der Waals surface area (Å²) in [5.41, 5.74) is 0. The first-order valence-corrected chi connectivity index (χ1v) is 43.1. The number of nitrogens with one attached hydrogen (secondary N) is 1. The first kappa shape index (κ1) is 91.7. The zero-order valence-electron chi connectivity index (χ0n) is 63.7. The van der Waals surface area contributed by atoms with Crippen LogP contribution in [0.3, 0.4) is 0 Å². The van der Waals surface area contributed by atoms with Crippen LogP contribution in [-0.4, -0.2) is 87.5 Å². The highest BCUT2D eigenvalue weighted by Crippen LogP contribution is 2.24. The number of allylic oxidation sites excluding steroid dienone is 3. The molecule has 0 aliphatic carbocycles. The van der Waals surface area contributed by atoms with E-state index in [2.05, 4.69) is 31.3 Å². The number of aliphatic hydroxyl groups excluding tert-OH is 5. The van der Waals surface area contributed by atoms with Crippen molar-refractivity contribution in [2.24, 2.45) is 0 Å². The van der Waals surface area contributed by atoms with E-state index in [1.54, 1.807) is 6.08 Å². The zero-order valence-corrected chi connectivity index (χ0v) is 63.7. The SMILES string of the molecule is CCCCCCCCCCCCCCCCCCCCCCCCCCC/C=C/CC/C=C/C(O)C(COC1OC(CO)C(O)C(O)C1O)NC(=O)CCCCCCCCCCCCCCCCCCCCCCCCCCCCCCCCCCCCCCCCCCC. The number of hydrogen-bond donors (Lipinski definition) is 6. The molecule has 6 N–H and O–H groups in total. The predicted octanol–water partition coefficient (Wildman–Crippen LogP) is 25.1. The molecule has 7 atom stereocenters. The quantitative estimate of drug-likeness (QED) is 0.0261. The van der Waals surface area contributed by atoms with Gasteiger partial charge in [-0.25, -0.2) is 0 Å². The Morgan fingerprint density at radius 1 is 0.347 bits per heavy atom. The number of ether oxygens (including phenoxy) is 2. The highest BCUT2D eigenvalue weighted by molar-refractivity contribution is 5.76. The molecule has 9 nitrogen and oxygen atoms in total. The number of rotatable bonds is 78. The number of unbranched alkanes of at least 4 members (excludes halogenated alkanes) is 66. The van der Waals surface area contributed by atoms with E-state index in [4.69, 9.17) is 9.47 Å². The highest BCUT2D eigenvalue weighted by Gasteiger charge is 2.44. The normalized spacial score (nSPS) is 17.5. The van der Waals surface area contributed by atoms with E-state index in [9.17, 15) is 30.3 Å². The number of carbonyl (C=O) groups excluding carboxylic acids is 1. The van der Waals surface area contributed by atoms with E-state index in [0.717, 1.165) is 38.5 Å². The Morgan fingerprint density at radius 3 is 0.884 bits per heavy atom. The summed E-state index contributed by atoms with van der Waals surface area (Å²) in [7, 11) is 0. The molecule has 1 heterocycles. The molecule has 7 unspecified atom stereocenters. The van der Waals surface area contributed by atoms with Crippen molar-refractivity contribution in [2.75, 3.05) is 13.2 Å². The van der Waals surface area contributed by atoms with Crippen molar-refractivity contribution in [3.8, 4) is 0 Å². The van der Waals surface area contributed by atoms with E-state index in [1.165, 1.54) is 405 Å². The van der Waals surface area contributed by atoms with Crippen LogP contribution in [0.15, 0.2) is 24.3 Å². The second-order valence-electron chi connectivity index (χ2n) is 30.3. The van der Waals surface area contributed by atoms with Crippen molar-refractivity contribution in [2.45, 2.75) is 506 Å². The fraction of sp³-hybridized carbons (Fsp3) is 0.942. The lowest BCUT2D eigenvalue weighted by Crippen LogP contribution is -2.60. The third-order valence-corrected chi connectivity index (χ3v) is 21.0. The van der Waals surface area contributed by atoms with E-state index < -0.39 is 49.5 Å². The van der Waals surface area contributed by atoms with Gasteiger partial charge < -0.3 is 40.3 Å². The first-order valence-electron chi connectivity index (χ1n) is 43.1. The first-order chi connectivity index (χ1) is 46.8. The molecule has 0 spiro atoms. The van der Waals surface area contributed by atoms with Gasteiger partial charge in [0.25, 0.3) is 0 Å². The average molecular weight is 1340 g/mol. The summed E-state index contributed by atoms with van der Waals surface area (Å²) in [6.07, 6.45) is 95.2. The number of aliphatic hydroxyl groups is 5. The molecule has 0 bridgehead atoms. The Hall–Kier alpha value is -1.33. The van der Waals surface area contributed by atoms with Gasteiger partial charge in [-0.3, -0.25) is 4.79 Å². The van der Waals surface area contributed by atoms with E-state index in [1.807, 2.05) is 6.08 Å². The third-order valence-electron chi connectivity index (χ3n) is 21.0. The molecule has 1 aliphatic heterocycles. The molecule has 1 saturated heterocycles. The Labute approximate surface area is 591 Å². The lowest BCUT2D eigenvalue weighted by Gasteiger charge is -2.40. The molecule has 0 aromatic heterocycles. The molecule has 1 aliphatic rings. The molecular weight excluding hydrogens is 1170 g/mol. The van der Waals surface area contributed by atoms with Gasteiger partial charge in [-0.1, -0.05) is 449 Å². The van der Waals surface area contributed by atoms with E-state index in [0.29, 0.717) is 6.42 Å². The summed E-state index contributed by atoms with van der Waals surface area (Å²) >= 11 is 0. The topological polar surface area (TPSA) is 149 Å². The van der Waals surface area contributed by atoms with Crippen LogP contribution in [0.5, 0.6) is 0 Å². The molecular formula is C86H167NO8. The second-order valence-corrected chi connectivity index (χ2v) is 30.3. The maximum Gasteiger partial charge on any atom is 0.220 e. The molecule has 0 aromatic carbocycles. The molecule has 1 rings (SSSR count). The standard InChI is InChI=1S/C86H167NO8/c1-3-5-7-9-11-13-15-17-19-21-23-25-27-29-31-33-35-36-37-38-39-40-41-42-43-44-46-48-50-52-54-56-58-60-62-64-66-68-70-72-74-76-82(90)87-79(78-94-86-85(93)84(92)83(91)81(77-88)95-86)80(89)75-73-71-69-67-65-63-61-59-57-55-53-51-49-47-45-34-32-30-28-26-24-22-20-18-16-14-12-10-8-6-4-2/h65,67,73,75,79-81,83-86,88-89,91-93H,3-64,66,68-72,74,76-78H2,1-2H3,(H,87,90)/b67-65+,75-73+. The van der Waals surface area contributed by atoms with Crippen LogP contribution in [0.2, 0.25) is 0 Å². The van der Waals surface area contributed by atoms with Gasteiger partial charge in [0.05, 0.1) is 25.4 Å². The van der Waals surface area contributed by atoms with Gasteiger partial charge in [0.2, 0.25) is 5.91 Å². The lowest BCUT2D eigenvalue weighted by molar-refractivity contribution is -0.302. The van der Waals surface area contributed by atoms with Crippen molar-refractivity contribution < 1.29 is 39.8 Å². The predicted molar refractivity (Wildman–Crippen MR) is 410 cm³/mol. The van der Waals surface area contributed by atoms with E-state index in [-0.39, 0.29) is 12.5 Å². The summed E-state index contributed by atoms with van der Waals surface area (Å²) in [5, 5.41) is 54.9. The van der Waals surface area contributed by atoms with Gasteiger partial charge in [-0.05, 0) is 32.1 Å². The minimum Gasteiger partial charge on any atom is -0.394 e.